The van der Waals surface area contributed by atoms with Crippen LogP contribution in [0.15, 0.2) is 30.3 Å². The number of rotatable bonds is 9. The third kappa shape index (κ3) is 8.76. The molecule has 0 fully saturated rings. The summed E-state index contributed by atoms with van der Waals surface area (Å²) in [5, 5.41) is 24.7. The lowest BCUT2D eigenvalue weighted by atomic mass is 9.85. The Kier molecular flexibility index (Phi) is 9.11. The average molecular weight is 440 g/mol. The molecule has 0 saturated heterocycles. The number of hydrogen-bond donors (Lipinski definition) is 3. The van der Waals surface area contributed by atoms with E-state index in [0.29, 0.717) is 18.6 Å². The molecule has 2 atom stereocenters. The van der Waals surface area contributed by atoms with Crippen LogP contribution in [-0.2, 0) is 14.8 Å². The van der Waals surface area contributed by atoms with Crippen LogP contribution < -0.4 is 5.32 Å². The Bertz CT molecular complexity index is 666. The molecule has 7 heteroatoms. The lowest BCUT2D eigenvalue weighted by Gasteiger charge is -2.38. The Balaban J connectivity index is 2.80. The van der Waals surface area contributed by atoms with E-state index in [1.807, 2.05) is 51.1 Å². The van der Waals surface area contributed by atoms with Crippen molar-refractivity contribution in [2.75, 3.05) is 13.2 Å². The van der Waals surface area contributed by atoms with Gasteiger partial charge in [-0.05, 0) is 44.5 Å². The highest BCUT2D eigenvalue weighted by Crippen LogP contribution is 2.38. The zero-order chi connectivity index (χ0) is 23.2. The van der Waals surface area contributed by atoms with Gasteiger partial charge in [-0.1, -0.05) is 51.1 Å². The Morgan fingerprint density at radius 3 is 2.17 bits per heavy atom. The van der Waals surface area contributed by atoms with Crippen LogP contribution in [0.25, 0.3) is 0 Å². The Morgan fingerprint density at radius 2 is 1.67 bits per heavy atom. The topological polar surface area (TPSA) is 88.0 Å². The van der Waals surface area contributed by atoms with Crippen molar-refractivity contribution in [1.29, 1.82) is 0 Å². The molecule has 0 heterocycles. The first-order valence-corrected chi connectivity index (χ1v) is 13.5. The first-order valence-electron chi connectivity index (χ1n) is 10.6. The fourth-order valence-electron chi connectivity index (χ4n) is 2.77. The summed E-state index contributed by atoms with van der Waals surface area (Å²) in [5.74, 6) is 0. The predicted octanol–water partition coefficient (Wildman–Crippen LogP) is 4.56. The minimum Gasteiger partial charge on any atom is -0.447 e. The monoisotopic (exact) mass is 439 g/mol. The first-order chi connectivity index (χ1) is 13.6. The number of hydrogen-bond acceptors (Lipinski definition) is 5. The van der Waals surface area contributed by atoms with Crippen molar-refractivity contribution < 1.29 is 24.2 Å². The summed E-state index contributed by atoms with van der Waals surface area (Å²) >= 11 is 0. The first kappa shape index (κ1) is 26.6. The maximum absolute atomic E-state index is 11.9. The maximum atomic E-state index is 11.9. The fourth-order valence-corrected chi connectivity index (χ4v) is 3.81. The van der Waals surface area contributed by atoms with E-state index in [0.717, 1.165) is 0 Å². The molecule has 3 N–H and O–H groups in total. The smallest absolute Gasteiger partial charge is 0.407 e. The van der Waals surface area contributed by atoms with Gasteiger partial charge in [0.2, 0.25) is 0 Å². The molecule has 1 aromatic carbocycles. The van der Waals surface area contributed by atoms with Crippen LogP contribution >= 0.6 is 0 Å². The Labute approximate surface area is 183 Å². The summed E-state index contributed by atoms with van der Waals surface area (Å²) < 4.78 is 11.4. The van der Waals surface area contributed by atoms with Gasteiger partial charge in [-0.25, -0.2) is 4.79 Å². The van der Waals surface area contributed by atoms with Gasteiger partial charge in [0, 0.05) is 25.0 Å². The number of nitrogens with one attached hydrogen (secondary N) is 1. The molecular formula is C23H41NO5Si. The number of carbonyl (C=O) groups is 1. The molecule has 0 aromatic heterocycles. The number of carbonyl (C=O) groups excluding carboxylic acids is 1. The quantitative estimate of drug-likeness (QED) is 0.491. The SMILES string of the molecule is CC(C)(C)NC(=O)OCC(O)CC(O)(CCO[Si](C)(C)C(C)(C)C)c1ccccc1. The molecule has 172 valence electrons. The van der Waals surface area contributed by atoms with Gasteiger partial charge in [0.05, 0.1) is 11.7 Å². The highest BCUT2D eigenvalue weighted by Gasteiger charge is 2.39. The van der Waals surface area contributed by atoms with E-state index < -0.39 is 31.7 Å². The summed E-state index contributed by atoms with van der Waals surface area (Å²) in [6.07, 6.45) is -1.21. The van der Waals surface area contributed by atoms with Gasteiger partial charge < -0.3 is 24.7 Å². The van der Waals surface area contributed by atoms with Crippen molar-refractivity contribution in [2.24, 2.45) is 0 Å². The van der Waals surface area contributed by atoms with Gasteiger partial charge in [0.25, 0.3) is 0 Å². The fraction of sp³-hybridized carbons (Fsp3) is 0.696. The highest BCUT2D eigenvalue weighted by molar-refractivity contribution is 6.74. The van der Waals surface area contributed by atoms with Crippen LogP contribution in [0.3, 0.4) is 0 Å². The van der Waals surface area contributed by atoms with Crippen LogP contribution in [0, 0.1) is 0 Å². The Hall–Kier alpha value is -1.41. The molecule has 1 amide bonds. The van der Waals surface area contributed by atoms with Crippen LogP contribution in [0.1, 0.15) is 59.9 Å². The van der Waals surface area contributed by atoms with E-state index in [1.165, 1.54) is 0 Å². The predicted molar refractivity (Wildman–Crippen MR) is 123 cm³/mol. The van der Waals surface area contributed by atoms with Crippen molar-refractivity contribution in [3.8, 4) is 0 Å². The number of aliphatic hydroxyl groups excluding tert-OH is 1. The molecule has 0 aliphatic rings. The van der Waals surface area contributed by atoms with Gasteiger partial charge in [-0.2, -0.15) is 0 Å². The van der Waals surface area contributed by atoms with Crippen LogP contribution in [0.4, 0.5) is 4.79 Å². The van der Waals surface area contributed by atoms with Crippen molar-refractivity contribution >= 4 is 14.4 Å². The molecule has 30 heavy (non-hydrogen) atoms. The summed E-state index contributed by atoms with van der Waals surface area (Å²) in [6.45, 7) is 16.6. The summed E-state index contributed by atoms with van der Waals surface area (Å²) in [6, 6.07) is 9.27. The third-order valence-corrected chi connectivity index (χ3v) is 10.1. The molecule has 1 rings (SSSR count). The largest absolute Gasteiger partial charge is 0.447 e. The molecule has 0 aliphatic heterocycles. The van der Waals surface area contributed by atoms with Crippen molar-refractivity contribution in [2.45, 2.75) is 89.8 Å². The normalized spacial score (nSPS) is 15.9. The molecular weight excluding hydrogens is 398 g/mol. The van der Waals surface area contributed by atoms with Gasteiger partial charge in [-0.3, -0.25) is 0 Å². The van der Waals surface area contributed by atoms with Crippen LogP contribution in [0.5, 0.6) is 0 Å². The molecule has 1 aromatic rings. The molecule has 0 spiro atoms. The zero-order valence-electron chi connectivity index (χ0n) is 19.9. The van der Waals surface area contributed by atoms with E-state index in [4.69, 9.17) is 9.16 Å². The number of benzene rings is 1. The van der Waals surface area contributed by atoms with E-state index in [1.54, 1.807) is 0 Å². The van der Waals surface area contributed by atoms with Crippen molar-refractivity contribution in [1.82, 2.24) is 5.32 Å². The van der Waals surface area contributed by atoms with Gasteiger partial charge >= 0.3 is 6.09 Å². The third-order valence-electron chi connectivity index (χ3n) is 5.55. The summed E-state index contributed by atoms with van der Waals surface area (Å²) in [7, 11) is -1.95. The second-order valence-corrected chi connectivity index (χ2v) is 15.4. The van der Waals surface area contributed by atoms with E-state index in [9.17, 15) is 15.0 Å². The second kappa shape index (κ2) is 10.3. The van der Waals surface area contributed by atoms with Gasteiger partial charge in [0.1, 0.15) is 6.61 Å². The van der Waals surface area contributed by atoms with Crippen molar-refractivity contribution in [3.63, 3.8) is 0 Å². The molecule has 2 unspecified atom stereocenters. The summed E-state index contributed by atoms with van der Waals surface area (Å²) in [5.41, 5.74) is -0.997. The minimum absolute atomic E-state index is 0.0423. The molecule has 6 nitrogen and oxygen atoms in total. The van der Waals surface area contributed by atoms with Gasteiger partial charge in [0.15, 0.2) is 8.32 Å². The lowest BCUT2D eigenvalue weighted by molar-refractivity contribution is -0.0456. The van der Waals surface area contributed by atoms with E-state index in [2.05, 4.69) is 39.2 Å². The van der Waals surface area contributed by atoms with E-state index >= 15 is 0 Å². The van der Waals surface area contributed by atoms with Crippen LogP contribution in [0.2, 0.25) is 18.1 Å². The Morgan fingerprint density at radius 1 is 1.10 bits per heavy atom. The average Bonchev–Trinajstić information content (AvgIpc) is 2.58. The molecule has 0 bridgehead atoms. The lowest BCUT2D eigenvalue weighted by Crippen LogP contribution is -2.43. The number of ether oxygens (including phenoxy) is 1. The minimum atomic E-state index is -1.95. The molecule has 0 aliphatic carbocycles. The number of aliphatic hydroxyl groups is 2. The second-order valence-electron chi connectivity index (χ2n) is 10.6. The molecule has 0 saturated carbocycles. The van der Waals surface area contributed by atoms with Gasteiger partial charge in [-0.15, -0.1) is 0 Å². The van der Waals surface area contributed by atoms with Crippen LogP contribution in [-0.4, -0.2) is 49.5 Å². The zero-order valence-corrected chi connectivity index (χ0v) is 20.9. The summed E-state index contributed by atoms with van der Waals surface area (Å²) in [4.78, 5) is 11.9. The standard InChI is InChI=1S/C23H41NO5Si/c1-21(2,3)24-20(26)28-17-19(25)16-23(27,18-12-10-9-11-13-18)14-15-29-30(7,8)22(4,5)6/h9-13,19,25,27H,14-17H2,1-8H3,(H,24,26). The highest BCUT2D eigenvalue weighted by atomic mass is 28.4. The maximum Gasteiger partial charge on any atom is 0.407 e. The number of alkyl carbamates (subject to hydrolysis) is 1. The van der Waals surface area contributed by atoms with Crippen molar-refractivity contribution in [3.05, 3.63) is 35.9 Å². The number of amides is 1. The van der Waals surface area contributed by atoms with E-state index in [-0.39, 0.29) is 18.1 Å². The molecule has 0 radical (unpaired) electrons.